The topological polar surface area (TPSA) is 91.9 Å². The van der Waals surface area contributed by atoms with Gasteiger partial charge in [-0.05, 0) is 37.5 Å². The predicted molar refractivity (Wildman–Crippen MR) is 87.3 cm³/mol. The minimum atomic E-state index is -3.60. The molecule has 126 valence electrons. The number of piperidine rings is 1. The normalized spacial score (nSPS) is 19.0. The number of hydrogen-bond acceptors (Lipinski definition) is 5. The van der Waals surface area contributed by atoms with Crippen LogP contribution in [0.15, 0.2) is 41.6 Å². The number of rotatable bonds is 5. The highest BCUT2D eigenvalue weighted by atomic mass is 32.2. The van der Waals surface area contributed by atoms with Crippen molar-refractivity contribution in [2.24, 2.45) is 0 Å². The molecule has 0 radical (unpaired) electrons. The molecular formula is C16H19N5O2S. The van der Waals surface area contributed by atoms with E-state index in [-0.39, 0.29) is 10.9 Å². The molecule has 1 aliphatic heterocycles. The summed E-state index contributed by atoms with van der Waals surface area (Å²) in [5.74, 6) is 0. The van der Waals surface area contributed by atoms with Crippen LogP contribution in [-0.4, -0.2) is 40.3 Å². The van der Waals surface area contributed by atoms with E-state index in [1.165, 1.54) is 6.07 Å². The van der Waals surface area contributed by atoms with E-state index >= 15 is 0 Å². The highest BCUT2D eigenvalue weighted by Crippen LogP contribution is 2.27. The second-order valence-electron chi connectivity index (χ2n) is 5.86. The Hall–Kier alpha value is -2.24. The van der Waals surface area contributed by atoms with Gasteiger partial charge in [-0.15, -0.1) is 5.10 Å². The molecular weight excluding hydrogens is 326 g/mol. The van der Waals surface area contributed by atoms with Gasteiger partial charge >= 0.3 is 0 Å². The van der Waals surface area contributed by atoms with Crippen LogP contribution in [0.1, 0.15) is 31.2 Å². The molecule has 1 unspecified atom stereocenters. The van der Waals surface area contributed by atoms with Crippen molar-refractivity contribution in [3.63, 3.8) is 0 Å². The summed E-state index contributed by atoms with van der Waals surface area (Å²) in [6.07, 6.45) is 6.80. The van der Waals surface area contributed by atoms with Gasteiger partial charge in [0, 0.05) is 25.3 Å². The molecule has 1 aromatic carbocycles. The maximum atomic E-state index is 13.0. The Balaban J connectivity index is 1.81. The fourth-order valence-corrected chi connectivity index (χ4v) is 4.84. The van der Waals surface area contributed by atoms with Crippen LogP contribution in [0.25, 0.3) is 0 Å². The van der Waals surface area contributed by atoms with Gasteiger partial charge in [-0.1, -0.05) is 17.7 Å². The maximum absolute atomic E-state index is 13.0. The van der Waals surface area contributed by atoms with Crippen molar-refractivity contribution < 1.29 is 8.42 Å². The molecule has 1 aliphatic rings. The molecule has 1 atom stereocenters. The molecule has 1 fully saturated rings. The molecule has 0 bridgehead atoms. The number of benzene rings is 1. The van der Waals surface area contributed by atoms with E-state index < -0.39 is 10.0 Å². The average Bonchev–Trinajstić information content (AvgIpc) is 3.14. The fraction of sp³-hybridized carbons (Fsp3) is 0.438. The summed E-state index contributed by atoms with van der Waals surface area (Å²) >= 11 is 0. The molecule has 24 heavy (non-hydrogen) atoms. The second-order valence-corrected chi connectivity index (χ2v) is 7.75. The lowest BCUT2D eigenvalue weighted by Crippen LogP contribution is -2.44. The van der Waals surface area contributed by atoms with Crippen molar-refractivity contribution in [2.45, 2.75) is 43.2 Å². The smallest absolute Gasteiger partial charge is 0.243 e. The van der Waals surface area contributed by atoms with Crippen LogP contribution < -0.4 is 0 Å². The highest BCUT2D eigenvalue weighted by molar-refractivity contribution is 7.89. The van der Waals surface area contributed by atoms with Crippen molar-refractivity contribution in [3.05, 3.63) is 42.2 Å². The lowest BCUT2D eigenvalue weighted by molar-refractivity contribution is 0.231. The zero-order valence-corrected chi connectivity index (χ0v) is 14.1. The number of aromatic nitrogens is 3. The van der Waals surface area contributed by atoms with Gasteiger partial charge in [0.1, 0.15) is 0 Å². The van der Waals surface area contributed by atoms with Crippen LogP contribution >= 0.6 is 0 Å². The van der Waals surface area contributed by atoms with Gasteiger partial charge in [-0.3, -0.25) is 4.68 Å². The quantitative estimate of drug-likeness (QED) is 0.824. The highest BCUT2D eigenvalue weighted by Gasteiger charge is 2.33. The summed E-state index contributed by atoms with van der Waals surface area (Å²) in [6, 6.07) is 8.16. The Bertz CT molecular complexity index is 826. The van der Waals surface area contributed by atoms with Crippen LogP contribution in [0.3, 0.4) is 0 Å². The fourth-order valence-electron chi connectivity index (χ4n) is 3.07. The van der Waals surface area contributed by atoms with Crippen molar-refractivity contribution in [1.29, 1.82) is 5.26 Å². The number of sulfonamides is 1. The van der Waals surface area contributed by atoms with Gasteiger partial charge < -0.3 is 0 Å². The van der Waals surface area contributed by atoms with E-state index in [0.717, 1.165) is 19.3 Å². The maximum Gasteiger partial charge on any atom is 0.243 e. The van der Waals surface area contributed by atoms with Crippen LogP contribution in [0.5, 0.6) is 0 Å². The molecule has 0 spiro atoms. The van der Waals surface area contributed by atoms with Gasteiger partial charge in [0.25, 0.3) is 0 Å². The first kappa shape index (κ1) is 16.6. The third kappa shape index (κ3) is 3.47. The Labute approximate surface area is 141 Å². The average molecular weight is 345 g/mol. The summed E-state index contributed by atoms with van der Waals surface area (Å²) in [7, 11) is -3.60. The summed E-state index contributed by atoms with van der Waals surface area (Å²) in [5, 5.41) is 16.7. The van der Waals surface area contributed by atoms with Gasteiger partial charge in [0.2, 0.25) is 10.0 Å². The lowest BCUT2D eigenvalue weighted by Gasteiger charge is -2.34. The van der Waals surface area contributed by atoms with E-state index in [2.05, 4.69) is 10.3 Å². The Morgan fingerprint density at radius 3 is 2.96 bits per heavy atom. The second kappa shape index (κ2) is 7.11. The molecule has 2 heterocycles. The van der Waals surface area contributed by atoms with Gasteiger partial charge in [-0.2, -0.15) is 9.57 Å². The molecule has 0 aliphatic carbocycles. The molecule has 7 nitrogen and oxygen atoms in total. The van der Waals surface area contributed by atoms with Crippen LogP contribution in [0.2, 0.25) is 0 Å². The summed E-state index contributed by atoms with van der Waals surface area (Å²) < 4.78 is 29.3. The van der Waals surface area contributed by atoms with Crippen LogP contribution in [0, 0.1) is 11.3 Å². The summed E-state index contributed by atoms with van der Waals surface area (Å²) in [6.45, 7) is 1.15. The van der Waals surface area contributed by atoms with E-state index in [4.69, 9.17) is 5.26 Å². The molecule has 1 aromatic heterocycles. The van der Waals surface area contributed by atoms with Gasteiger partial charge in [-0.25, -0.2) is 8.42 Å². The molecule has 0 N–H and O–H groups in total. The zero-order chi connectivity index (χ0) is 17.0. The van der Waals surface area contributed by atoms with Crippen molar-refractivity contribution in [2.75, 3.05) is 6.54 Å². The lowest BCUT2D eigenvalue weighted by atomic mass is 10.0. The van der Waals surface area contributed by atoms with E-state index in [1.807, 2.05) is 6.07 Å². The van der Waals surface area contributed by atoms with E-state index in [9.17, 15) is 8.42 Å². The minimum Gasteiger partial charge on any atom is -0.253 e. The summed E-state index contributed by atoms with van der Waals surface area (Å²) in [5.41, 5.74) is 0.354. The Morgan fingerprint density at radius 1 is 1.33 bits per heavy atom. The van der Waals surface area contributed by atoms with Gasteiger partial charge in [0.05, 0.1) is 22.7 Å². The molecule has 0 amide bonds. The van der Waals surface area contributed by atoms with E-state index in [0.29, 0.717) is 25.1 Å². The first-order valence-corrected chi connectivity index (χ1v) is 9.41. The number of aryl methyl sites for hydroxylation is 1. The third-order valence-corrected chi connectivity index (χ3v) is 6.25. The predicted octanol–water partition coefficient (Wildman–Crippen LogP) is 1.78. The summed E-state index contributed by atoms with van der Waals surface area (Å²) in [4.78, 5) is 0.189. The monoisotopic (exact) mass is 345 g/mol. The van der Waals surface area contributed by atoms with Crippen LogP contribution in [0.4, 0.5) is 0 Å². The zero-order valence-electron chi connectivity index (χ0n) is 13.2. The first-order chi connectivity index (χ1) is 11.6. The molecule has 3 rings (SSSR count). The third-order valence-electron chi connectivity index (χ3n) is 4.31. The van der Waals surface area contributed by atoms with Crippen molar-refractivity contribution in [1.82, 2.24) is 19.3 Å². The molecule has 8 heteroatoms. The van der Waals surface area contributed by atoms with Crippen LogP contribution in [-0.2, 0) is 16.6 Å². The van der Waals surface area contributed by atoms with Crippen molar-refractivity contribution >= 4 is 10.0 Å². The minimum absolute atomic E-state index is 0.0568. The van der Waals surface area contributed by atoms with E-state index in [1.54, 1.807) is 39.6 Å². The standard InChI is InChI=1S/C16H19N5O2S/c17-13-14-4-3-6-16(12-14)24(22,23)21-9-2-1-5-15(21)7-10-20-11-8-18-19-20/h3-4,6,8,11-12,15H,1-2,5,7,9-10H2. The Morgan fingerprint density at radius 2 is 2.21 bits per heavy atom. The van der Waals surface area contributed by atoms with Gasteiger partial charge in [0.15, 0.2) is 0 Å². The SMILES string of the molecule is N#Cc1cccc(S(=O)(=O)N2CCCCC2CCn2ccnn2)c1. The molecule has 2 aromatic rings. The van der Waals surface area contributed by atoms with Crippen molar-refractivity contribution in [3.8, 4) is 6.07 Å². The number of nitriles is 1. The first-order valence-electron chi connectivity index (χ1n) is 7.97. The number of nitrogens with zero attached hydrogens (tertiary/aromatic N) is 5. The largest absolute Gasteiger partial charge is 0.253 e. The molecule has 1 saturated heterocycles. The number of hydrogen-bond donors (Lipinski definition) is 0. The molecule has 0 saturated carbocycles. The Kier molecular flexibility index (Phi) is 4.92.